The van der Waals surface area contributed by atoms with Gasteiger partial charge in [0.05, 0.1) is 17.7 Å². The first-order valence-corrected chi connectivity index (χ1v) is 13.0. The lowest BCUT2D eigenvalue weighted by Gasteiger charge is -2.32. The number of H-pyrrole nitrogens is 1. The van der Waals surface area contributed by atoms with Gasteiger partial charge in [0.1, 0.15) is 5.65 Å². The SMILES string of the molecule is Cc1c[nH]c2ncc(-c3cc4c(c([C@@H]5CCCN5)c3)CN(C(=O)C(C=NCC(C)(C)O)=CN)CC4)cc12. The molecule has 0 radical (unpaired) electrons. The van der Waals surface area contributed by atoms with Gasteiger partial charge in [-0.25, -0.2) is 4.98 Å². The Labute approximate surface area is 217 Å². The summed E-state index contributed by atoms with van der Waals surface area (Å²) in [6.07, 6.45) is 9.70. The van der Waals surface area contributed by atoms with Crippen LogP contribution in [0.25, 0.3) is 22.2 Å². The quantitative estimate of drug-likeness (QED) is 0.305. The molecule has 0 saturated carbocycles. The number of aliphatic hydroxyl groups is 1. The molecule has 2 aliphatic rings. The molecule has 2 aliphatic heterocycles. The number of nitrogens with one attached hydrogen (secondary N) is 2. The Kier molecular flexibility index (Phi) is 6.88. The summed E-state index contributed by atoms with van der Waals surface area (Å²) in [5.74, 6) is -0.139. The number of carbonyl (C=O) groups excluding carboxylic acids is 1. The van der Waals surface area contributed by atoms with Crippen LogP contribution >= 0.6 is 0 Å². The third-order valence-corrected chi connectivity index (χ3v) is 7.31. The van der Waals surface area contributed by atoms with Crippen molar-refractivity contribution >= 4 is 23.2 Å². The van der Waals surface area contributed by atoms with Crippen LogP contribution in [0.3, 0.4) is 0 Å². The van der Waals surface area contributed by atoms with Gasteiger partial charge in [0.25, 0.3) is 5.91 Å². The molecule has 1 saturated heterocycles. The second-order valence-corrected chi connectivity index (χ2v) is 10.8. The van der Waals surface area contributed by atoms with E-state index in [1.165, 1.54) is 40.2 Å². The van der Waals surface area contributed by atoms with Gasteiger partial charge in [-0.2, -0.15) is 0 Å². The van der Waals surface area contributed by atoms with Crippen molar-refractivity contribution in [3.05, 3.63) is 64.6 Å². The average Bonchev–Trinajstić information content (AvgIpc) is 3.55. The van der Waals surface area contributed by atoms with Gasteiger partial charge >= 0.3 is 0 Å². The largest absolute Gasteiger partial charge is 0.404 e. The van der Waals surface area contributed by atoms with Gasteiger partial charge in [-0.3, -0.25) is 9.79 Å². The van der Waals surface area contributed by atoms with E-state index >= 15 is 0 Å². The fraction of sp³-hybridized carbons (Fsp3) is 0.414. The van der Waals surface area contributed by atoms with Crippen molar-refractivity contribution < 1.29 is 9.90 Å². The van der Waals surface area contributed by atoms with Crippen LogP contribution < -0.4 is 11.1 Å². The van der Waals surface area contributed by atoms with Crippen LogP contribution in [0.4, 0.5) is 0 Å². The lowest BCUT2D eigenvalue weighted by Crippen LogP contribution is -2.38. The molecule has 3 aromatic rings. The van der Waals surface area contributed by atoms with Crippen LogP contribution in [0, 0.1) is 6.92 Å². The number of nitrogens with two attached hydrogens (primary N) is 1. The van der Waals surface area contributed by atoms with Gasteiger partial charge in [0.15, 0.2) is 0 Å². The summed E-state index contributed by atoms with van der Waals surface area (Å²) in [7, 11) is 0. The summed E-state index contributed by atoms with van der Waals surface area (Å²) in [5, 5.41) is 14.7. The highest BCUT2D eigenvalue weighted by Crippen LogP contribution is 2.36. The summed E-state index contributed by atoms with van der Waals surface area (Å²) >= 11 is 0. The van der Waals surface area contributed by atoms with E-state index in [9.17, 15) is 9.90 Å². The predicted octanol–water partition coefficient (Wildman–Crippen LogP) is 3.53. The first-order chi connectivity index (χ1) is 17.7. The Morgan fingerprint density at radius 1 is 1.32 bits per heavy atom. The lowest BCUT2D eigenvalue weighted by molar-refractivity contribution is -0.127. The van der Waals surface area contributed by atoms with Crippen LogP contribution in [0.15, 0.2) is 47.4 Å². The first-order valence-electron chi connectivity index (χ1n) is 13.0. The van der Waals surface area contributed by atoms with E-state index in [4.69, 9.17) is 5.73 Å². The fourth-order valence-corrected chi connectivity index (χ4v) is 5.31. The number of aliphatic imine (C=N–C) groups is 1. The number of carbonyl (C=O) groups is 1. The normalized spacial score (nSPS) is 18.6. The highest BCUT2D eigenvalue weighted by Gasteiger charge is 2.29. The molecule has 0 aliphatic carbocycles. The minimum absolute atomic E-state index is 0.139. The molecule has 5 rings (SSSR count). The fourth-order valence-electron chi connectivity index (χ4n) is 5.31. The van der Waals surface area contributed by atoms with Crippen LogP contribution in [0.1, 0.15) is 55.0 Å². The molecule has 37 heavy (non-hydrogen) atoms. The third-order valence-electron chi connectivity index (χ3n) is 7.31. The number of nitrogens with zero attached hydrogens (tertiary/aromatic N) is 3. The van der Waals surface area contributed by atoms with E-state index in [1.807, 2.05) is 17.3 Å². The number of benzene rings is 1. The van der Waals surface area contributed by atoms with Gasteiger partial charge in [-0.1, -0.05) is 6.07 Å². The Morgan fingerprint density at radius 3 is 2.89 bits per heavy atom. The highest BCUT2D eigenvalue weighted by atomic mass is 16.3. The predicted molar refractivity (Wildman–Crippen MR) is 147 cm³/mol. The van der Waals surface area contributed by atoms with Gasteiger partial charge in [-0.15, -0.1) is 0 Å². The Bertz CT molecular complexity index is 1380. The second kappa shape index (κ2) is 10.1. The molecule has 1 atom stereocenters. The van der Waals surface area contributed by atoms with Gasteiger partial charge in [0.2, 0.25) is 0 Å². The van der Waals surface area contributed by atoms with E-state index in [0.717, 1.165) is 42.4 Å². The van der Waals surface area contributed by atoms with Gasteiger partial charge < -0.3 is 26.0 Å². The Hall–Kier alpha value is -3.49. The molecule has 1 amide bonds. The number of aromatic amines is 1. The van der Waals surface area contributed by atoms with Crippen molar-refractivity contribution in [2.75, 3.05) is 19.6 Å². The lowest BCUT2D eigenvalue weighted by atomic mass is 9.87. The Morgan fingerprint density at radius 2 is 2.16 bits per heavy atom. The smallest absolute Gasteiger partial charge is 0.257 e. The zero-order chi connectivity index (χ0) is 26.2. The molecule has 8 nitrogen and oxygen atoms in total. The van der Waals surface area contributed by atoms with Crippen molar-refractivity contribution in [3.8, 4) is 11.1 Å². The summed E-state index contributed by atoms with van der Waals surface area (Å²) in [6.45, 7) is 7.80. The number of amides is 1. The molecule has 194 valence electrons. The van der Waals surface area contributed by atoms with E-state index < -0.39 is 5.60 Å². The number of rotatable bonds is 6. The molecule has 0 unspecified atom stereocenters. The summed E-state index contributed by atoms with van der Waals surface area (Å²) < 4.78 is 0. The summed E-state index contributed by atoms with van der Waals surface area (Å²) in [4.78, 5) is 27.3. The zero-order valence-corrected chi connectivity index (χ0v) is 21.8. The molecule has 4 heterocycles. The second-order valence-electron chi connectivity index (χ2n) is 10.8. The minimum atomic E-state index is -0.940. The standard InChI is InChI=1S/C29H36N6O2/c1-18-13-33-27-23(18)11-21(15-34-27)20-9-19-6-8-35(16-25(19)24(10-20)26-5-4-7-32-26)28(36)22(12-30)14-31-17-29(2,3)37/h9-15,26,32,37H,4-8,16-17,30H2,1-3H3,(H,33,34)/t26-/m0/s1. The Balaban J connectivity index is 1.46. The van der Waals surface area contributed by atoms with Crippen molar-refractivity contribution in [2.24, 2.45) is 10.7 Å². The summed E-state index contributed by atoms with van der Waals surface area (Å²) in [5.41, 5.74) is 13.3. The van der Waals surface area contributed by atoms with Gasteiger partial charge in [0, 0.05) is 54.9 Å². The minimum Gasteiger partial charge on any atom is -0.404 e. The third kappa shape index (κ3) is 5.31. The van der Waals surface area contributed by atoms with E-state index in [-0.39, 0.29) is 18.5 Å². The maximum atomic E-state index is 13.3. The zero-order valence-electron chi connectivity index (χ0n) is 21.8. The summed E-state index contributed by atoms with van der Waals surface area (Å²) in [6, 6.07) is 7.04. The number of hydrogen-bond acceptors (Lipinski definition) is 6. The van der Waals surface area contributed by atoms with E-state index in [0.29, 0.717) is 18.7 Å². The number of pyridine rings is 1. The van der Waals surface area contributed by atoms with Crippen molar-refractivity contribution in [2.45, 2.75) is 58.2 Å². The van der Waals surface area contributed by atoms with E-state index in [1.54, 1.807) is 13.8 Å². The molecule has 1 aromatic carbocycles. The van der Waals surface area contributed by atoms with Gasteiger partial charge in [-0.05, 0) is 86.5 Å². The number of hydrogen-bond donors (Lipinski definition) is 4. The van der Waals surface area contributed by atoms with Crippen molar-refractivity contribution in [1.82, 2.24) is 20.2 Å². The average molecular weight is 501 g/mol. The first kappa shape index (κ1) is 25.2. The van der Waals surface area contributed by atoms with Crippen LogP contribution in [-0.4, -0.2) is 57.3 Å². The van der Waals surface area contributed by atoms with Crippen LogP contribution in [0.5, 0.6) is 0 Å². The van der Waals surface area contributed by atoms with Crippen LogP contribution in [0.2, 0.25) is 0 Å². The molecule has 2 aromatic heterocycles. The van der Waals surface area contributed by atoms with Crippen molar-refractivity contribution in [3.63, 3.8) is 0 Å². The molecule has 0 spiro atoms. The molecule has 5 N–H and O–H groups in total. The number of fused-ring (bicyclic) bond motifs is 2. The topological polar surface area (TPSA) is 120 Å². The van der Waals surface area contributed by atoms with E-state index in [2.05, 4.69) is 45.4 Å². The number of aromatic nitrogens is 2. The molecular formula is C29H36N6O2. The molecule has 8 heteroatoms. The monoisotopic (exact) mass is 500 g/mol. The van der Waals surface area contributed by atoms with Crippen LogP contribution in [-0.2, 0) is 17.8 Å². The highest BCUT2D eigenvalue weighted by molar-refractivity contribution is 6.12. The van der Waals surface area contributed by atoms with Crippen molar-refractivity contribution in [1.29, 1.82) is 0 Å². The molecule has 1 fully saturated rings. The maximum absolute atomic E-state index is 13.3. The number of aryl methyl sites for hydroxylation is 1. The molecular weight excluding hydrogens is 464 g/mol. The molecule has 0 bridgehead atoms. The maximum Gasteiger partial charge on any atom is 0.257 e.